The van der Waals surface area contributed by atoms with Crippen LogP contribution in [0.5, 0.6) is 0 Å². The van der Waals surface area contributed by atoms with Gasteiger partial charge in [-0.1, -0.05) is 6.92 Å². The highest BCUT2D eigenvalue weighted by atomic mass is 32.2. The molecule has 0 spiro atoms. The monoisotopic (exact) mass is 341 g/mol. The zero-order chi connectivity index (χ0) is 17.6. The van der Waals surface area contributed by atoms with Crippen LogP contribution in [0.4, 0.5) is 0 Å². The number of rotatable bonds is 7. The van der Waals surface area contributed by atoms with E-state index >= 15 is 0 Å². The van der Waals surface area contributed by atoms with E-state index in [9.17, 15) is 18.0 Å². The van der Waals surface area contributed by atoms with Crippen molar-refractivity contribution in [1.82, 2.24) is 14.9 Å². The molecule has 0 aliphatic rings. The molecular weight excluding hydrogens is 318 g/mol. The largest absolute Gasteiger partial charge is 0.352 e. The summed E-state index contributed by atoms with van der Waals surface area (Å²) in [6.07, 6.45) is 0. The van der Waals surface area contributed by atoms with Gasteiger partial charge in [-0.25, -0.2) is 13.1 Å². The van der Waals surface area contributed by atoms with E-state index in [0.29, 0.717) is 5.56 Å². The van der Waals surface area contributed by atoms with Crippen molar-refractivity contribution in [3.05, 3.63) is 29.8 Å². The smallest absolute Gasteiger partial charge is 0.254 e. The van der Waals surface area contributed by atoms with Gasteiger partial charge in [0.25, 0.3) is 5.91 Å². The average Bonchev–Trinajstić information content (AvgIpc) is 2.45. The minimum absolute atomic E-state index is 0.00144. The average molecular weight is 341 g/mol. The summed E-state index contributed by atoms with van der Waals surface area (Å²) in [7, 11) is -2.03. The second-order valence-electron chi connectivity index (χ2n) is 5.41. The lowest BCUT2D eigenvalue weighted by molar-refractivity contribution is -0.122. The van der Waals surface area contributed by atoms with E-state index in [0.717, 1.165) is 0 Å². The van der Waals surface area contributed by atoms with Crippen molar-refractivity contribution in [2.75, 3.05) is 20.1 Å². The van der Waals surface area contributed by atoms with E-state index in [2.05, 4.69) is 10.0 Å². The number of likely N-dealkylation sites (N-methyl/N-ethyl adjacent to an activating group) is 1. The lowest BCUT2D eigenvalue weighted by Gasteiger charge is -2.18. The Labute approximate surface area is 137 Å². The zero-order valence-corrected chi connectivity index (χ0v) is 14.6. The molecule has 23 heavy (non-hydrogen) atoms. The van der Waals surface area contributed by atoms with Gasteiger partial charge in [0.2, 0.25) is 15.9 Å². The predicted molar refractivity (Wildman–Crippen MR) is 87.5 cm³/mol. The van der Waals surface area contributed by atoms with Gasteiger partial charge >= 0.3 is 0 Å². The van der Waals surface area contributed by atoms with Gasteiger partial charge in [0, 0.05) is 25.2 Å². The van der Waals surface area contributed by atoms with Crippen LogP contribution in [-0.4, -0.2) is 51.3 Å². The SMILES string of the molecule is CCNS(=O)(=O)c1ccc(C(=O)N(C)CC(=O)NC(C)C)cc1. The van der Waals surface area contributed by atoms with E-state index in [4.69, 9.17) is 0 Å². The number of sulfonamides is 1. The molecule has 1 aromatic carbocycles. The molecule has 0 atom stereocenters. The fraction of sp³-hybridized carbons (Fsp3) is 0.467. The maximum Gasteiger partial charge on any atom is 0.254 e. The molecule has 0 radical (unpaired) electrons. The standard InChI is InChI=1S/C15H23N3O4S/c1-5-16-23(21,22)13-8-6-12(7-9-13)15(20)18(4)10-14(19)17-11(2)3/h6-9,11,16H,5,10H2,1-4H3,(H,17,19). The van der Waals surface area contributed by atoms with Gasteiger partial charge in [-0.15, -0.1) is 0 Å². The molecule has 0 saturated carbocycles. The molecule has 0 heterocycles. The Morgan fingerprint density at radius 1 is 1.17 bits per heavy atom. The summed E-state index contributed by atoms with van der Waals surface area (Å²) in [6.45, 7) is 5.59. The minimum Gasteiger partial charge on any atom is -0.352 e. The number of amides is 2. The van der Waals surface area contributed by atoms with E-state index in [-0.39, 0.29) is 35.8 Å². The number of nitrogens with one attached hydrogen (secondary N) is 2. The van der Waals surface area contributed by atoms with E-state index in [1.165, 1.54) is 36.2 Å². The molecule has 0 aliphatic carbocycles. The number of carbonyl (C=O) groups is 2. The summed E-state index contributed by atoms with van der Waals surface area (Å²) in [5.74, 6) is -0.599. The van der Waals surface area contributed by atoms with Crippen molar-refractivity contribution in [3.8, 4) is 0 Å². The molecule has 8 heteroatoms. The van der Waals surface area contributed by atoms with Crippen LogP contribution in [0.25, 0.3) is 0 Å². The van der Waals surface area contributed by atoms with Gasteiger partial charge in [-0.3, -0.25) is 9.59 Å². The van der Waals surface area contributed by atoms with Gasteiger partial charge in [-0.2, -0.15) is 0 Å². The fourth-order valence-corrected chi connectivity index (χ4v) is 2.97. The summed E-state index contributed by atoms with van der Waals surface area (Å²) in [5.41, 5.74) is 0.320. The maximum atomic E-state index is 12.2. The van der Waals surface area contributed by atoms with E-state index in [1.807, 2.05) is 13.8 Å². The fourth-order valence-electron chi connectivity index (χ4n) is 1.93. The number of hydrogen-bond donors (Lipinski definition) is 2. The highest BCUT2D eigenvalue weighted by molar-refractivity contribution is 7.89. The molecule has 0 saturated heterocycles. The number of carbonyl (C=O) groups excluding carboxylic acids is 2. The van der Waals surface area contributed by atoms with Crippen molar-refractivity contribution >= 4 is 21.8 Å². The highest BCUT2D eigenvalue weighted by Gasteiger charge is 2.17. The van der Waals surface area contributed by atoms with E-state index < -0.39 is 10.0 Å². The van der Waals surface area contributed by atoms with Gasteiger partial charge < -0.3 is 10.2 Å². The molecule has 1 rings (SSSR count). The van der Waals surface area contributed by atoms with Crippen molar-refractivity contribution in [1.29, 1.82) is 0 Å². The Bertz CT molecular complexity index is 654. The Balaban J connectivity index is 2.79. The highest BCUT2D eigenvalue weighted by Crippen LogP contribution is 2.11. The Kier molecular flexibility index (Phi) is 6.71. The van der Waals surface area contributed by atoms with Crippen LogP contribution >= 0.6 is 0 Å². The molecule has 1 aromatic rings. The third-order valence-corrected chi connectivity index (χ3v) is 4.48. The van der Waals surface area contributed by atoms with Crippen molar-refractivity contribution in [2.45, 2.75) is 31.7 Å². The van der Waals surface area contributed by atoms with Crippen molar-refractivity contribution in [2.24, 2.45) is 0 Å². The summed E-state index contributed by atoms with van der Waals surface area (Å²) in [6, 6.07) is 5.61. The molecule has 0 fully saturated rings. The molecule has 7 nitrogen and oxygen atoms in total. The van der Waals surface area contributed by atoms with Gasteiger partial charge in [0.1, 0.15) is 0 Å². The van der Waals surface area contributed by atoms with Crippen LogP contribution in [0, 0.1) is 0 Å². The molecular formula is C15H23N3O4S. The topological polar surface area (TPSA) is 95.6 Å². The van der Waals surface area contributed by atoms with Crippen LogP contribution in [0.15, 0.2) is 29.2 Å². The van der Waals surface area contributed by atoms with Crippen LogP contribution in [0.1, 0.15) is 31.1 Å². The van der Waals surface area contributed by atoms with Gasteiger partial charge in [-0.05, 0) is 38.1 Å². The first-order valence-corrected chi connectivity index (χ1v) is 8.80. The van der Waals surface area contributed by atoms with Gasteiger partial charge in [0.05, 0.1) is 11.4 Å². The van der Waals surface area contributed by atoms with E-state index in [1.54, 1.807) is 6.92 Å². The normalized spacial score (nSPS) is 11.3. The molecule has 0 unspecified atom stereocenters. The van der Waals surface area contributed by atoms with Crippen LogP contribution < -0.4 is 10.0 Å². The van der Waals surface area contributed by atoms with Crippen LogP contribution in [-0.2, 0) is 14.8 Å². The van der Waals surface area contributed by atoms with Crippen LogP contribution in [0.2, 0.25) is 0 Å². The van der Waals surface area contributed by atoms with Crippen molar-refractivity contribution < 1.29 is 18.0 Å². The molecule has 0 aromatic heterocycles. The lowest BCUT2D eigenvalue weighted by Crippen LogP contribution is -2.40. The van der Waals surface area contributed by atoms with Crippen LogP contribution in [0.3, 0.4) is 0 Å². The number of hydrogen-bond acceptors (Lipinski definition) is 4. The molecule has 2 amide bonds. The zero-order valence-electron chi connectivity index (χ0n) is 13.8. The third-order valence-electron chi connectivity index (χ3n) is 2.92. The first-order valence-electron chi connectivity index (χ1n) is 7.32. The first kappa shape index (κ1) is 19.1. The lowest BCUT2D eigenvalue weighted by atomic mass is 10.2. The second-order valence-corrected chi connectivity index (χ2v) is 7.18. The Morgan fingerprint density at radius 2 is 1.74 bits per heavy atom. The minimum atomic E-state index is -3.54. The third kappa shape index (κ3) is 5.65. The van der Waals surface area contributed by atoms with Crippen molar-refractivity contribution in [3.63, 3.8) is 0 Å². The Morgan fingerprint density at radius 3 is 2.22 bits per heavy atom. The summed E-state index contributed by atoms with van der Waals surface area (Å²) in [5, 5.41) is 2.70. The summed E-state index contributed by atoms with van der Waals surface area (Å²) >= 11 is 0. The molecule has 128 valence electrons. The quantitative estimate of drug-likeness (QED) is 0.758. The first-order chi connectivity index (χ1) is 10.7. The second kappa shape index (κ2) is 8.07. The molecule has 0 bridgehead atoms. The summed E-state index contributed by atoms with van der Waals surface area (Å²) < 4.78 is 26.0. The maximum absolute atomic E-state index is 12.2. The van der Waals surface area contributed by atoms with Gasteiger partial charge in [0.15, 0.2) is 0 Å². The summed E-state index contributed by atoms with van der Waals surface area (Å²) in [4.78, 5) is 25.3. The molecule has 0 aliphatic heterocycles. The Hall–Kier alpha value is -1.93. The molecule has 2 N–H and O–H groups in total. The number of benzene rings is 1. The predicted octanol–water partition coefficient (Wildman–Crippen LogP) is 0.581. The number of nitrogens with zero attached hydrogens (tertiary/aromatic N) is 1.